The van der Waals surface area contributed by atoms with Crippen LogP contribution in [0, 0.1) is 0 Å². The molecule has 3 unspecified atom stereocenters. The number of rotatable bonds is 11. The van der Waals surface area contributed by atoms with Crippen molar-refractivity contribution in [3.05, 3.63) is 29.8 Å². The summed E-state index contributed by atoms with van der Waals surface area (Å²) in [6.07, 6.45) is 2.02. The molecule has 0 bridgehead atoms. The van der Waals surface area contributed by atoms with E-state index < -0.39 is 24.0 Å². The SMILES string of the molecule is CNCCCCC(=O)Nc1ccc(CC(NC(=O)C2NCOC2C)C(=O)O)cc1. The number of aliphatic carboxylic acids is 1. The summed E-state index contributed by atoms with van der Waals surface area (Å²) in [5, 5.41) is 20.8. The fraction of sp³-hybridized carbons (Fsp3) is 0.550. The number of hydrogen-bond acceptors (Lipinski definition) is 6. The van der Waals surface area contributed by atoms with Gasteiger partial charge in [-0.05, 0) is 51.1 Å². The number of carboxylic acids is 1. The van der Waals surface area contributed by atoms with Gasteiger partial charge in [-0.3, -0.25) is 14.9 Å². The summed E-state index contributed by atoms with van der Waals surface area (Å²) in [6.45, 7) is 2.90. The van der Waals surface area contributed by atoms with Crippen LogP contribution in [-0.2, 0) is 25.5 Å². The van der Waals surface area contributed by atoms with Crippen LogP contribution >= 0.6 is 0 Å². The van der Waals surface area contributed by atoms with Gasteiger partial charge in [0.15, 0.2) is 0 Å². The third kappa shape index (κ3) is 7.45. The van der Waals surface area contributed by atoms with E-state index >= 15 is 0 Å². The van der Waals surface area contributed by atoms with Crippen molar-refractivity contribution in [1.82, 2.24) is 16.0 Å². The van der Waals surface area contributed by atoms with Crippen molar-refractivity contribution >= 4 is 23.5 Å². The van der Waals surface area contributed by atoms with Crippen LogP contribution in [0.5, 0.6) is 0 Å². The molecule has 9 heteroatoms. The van der Waals surface area contributed by atoms with E-state index in [1.165, 1.54) is 0 Å². The summed E-state index contributed by atoms with van der Waals surface area (Å²) in [5.41, 5.74) is 1.40. The van der Waals surface area contributed by atoms with Crippen molar-refractivity contribution in [2.24, 2.45) is 0 Å². The molecule has 29 heavy (non-hydrogen) atoms. The minimum absolute atomic E-state index is 0.0510. The first-order chi connectivity index (χ1) is 13.9. The predicted molar refractivity (Wildman–Crippen MR) is 108 cm³/mol. The van der Waals surface area contributed by atoms with E-state index in [9.17, 15) is 19.5 Å². The zero-order valence-electron chi connectivity index (χ0n) is 16.9. The molecule has 0 spiro atoms. The van der Waals surface area contributed by atoms with Crippen LogP contribution < -0.4 is 21.3 Å². The standard InChI is InChI=1S/C20H30N4O5/c1-13-18(22-12-29-13)19(26)24-16(20(27)28)11-14-6-8-15(9-7-14)23-17(25)5-3-4-10-21-2/h6-9,13,16,18,21-22H,3-5,10-12H2,1-2H3,(H,23,25)(H,24,26)(H,27,28). The number of carbonyl (C=O) groups excluding carboxylic acids is 2. The van der Waals surface area contributed by atoms with Crippen LogP contribution in [0.2, 0.25) is 0 Å². The van der Waals surface area contributed by atoms with Gasteiger partial charge in [-0.1, -0.05) is 12.1 Å². The second-order valence-corrected chi connectivity index (χ2v) is 7.11. The molecule has 3 atom stereocenters. The minimum Gasteiger partial charge on any atom is -0.480 e. The van der Waals surface area contributed by atoms with Crippen LogP contribution in [0.3, 0.4) is 0 Å². The molecule has 9 nitrogen and oxygen atoms in total. The molecule has 0 saturated carbocycles. The average molecular weight is 406 g/mol. The van der Waals surface area contributed by atoms with Gasteiger partial charge in [-0.25, -0.2) is 4.79 Å². The molecular weight excluding hydrogens is 376 g/mol. The third-order valence-electron chi connectivity index (χ3n) is 4.77. The molecule has 1 aromatic rings. The lowest BCUT2D eigenvalue weighted by Gasteiger charge is -2.19. The Morgan fingerprint density at radius 2 is 1.97 bits per heavy atom. The Morgan fingerprint density at radius 1 is 1.24 bits per heavy atom. The van der Waals surface area contributed by atoms with Crippen molar-refractivity contribution in [1.29, 1.82) is 0 Å². The number of ether oxygens (including phenoxy) is 1. The monoisotopic (exact) mass is 406 g/mol. The molecule has 0 aliphatic carbocycles. The number of carboxylic acid groups (broad SMARTS) is 1. The second kappa shape index (κ2) is 11.5. The van der Waals surface area contributed by atoms with Gasteiger partial charge in [0.25, 0.3) is 0 Å². The summed E-state index contributed by atoms with van der Waals surface area (Å²) in [7, 11) is 1.88. The minimum atomic E-state index is -1.11. The molecule has 2 rings (SSSR count). The van der Waals surface area contributed by atoms with Crippen LogP contribution in [0.4, 0.5) is 5.69 Å². The number of amides is 2. The Hall–Kier alpha value is -2.49. The maximum absolute atomic E-state index is 12.3. The number of benzene rings is 1. The number of carbonyl (C=O) groups is 3. The molecule has 5 N–H and O–H groups in total. The summed E-state index contributed by atoms with van der Waals surface area (Å²) < 4.78 is 5.27. The van der Waals surface area contributed by atoms with Gasteiger partial charge < -0.3 is 25.8 Å². The fourth-order valence-electron chi connectivity index (χ4n) is 3.07. The van der Waals surface area contributed by atoms with Gasteiger partial charge in [-0.15, -0.1) is 0 Å². The first-order valence-corrected chi connectivity index (χ1v) is 9.82. The lowest BCUT2D eigenvalue weighted by Crippen LogP contribution is -2.51. The molecular formula is C20H30N4O5. The first kappa shape index (κ1) is 22.8. The number of hydrogen-bond donors (Lipinski definition) is 5. The zero-order valence-corrected chi connectivity index (χ0v) is 16.9. The van der Waals surface area contributed by atoms with E-state index in [1.807, 2.05) is 7.05 Å². The Kier molecular flexibility index (Phi) is 9.04. The highest BCUT2D eigenvalue weighted by molar-refractivity contribution is 5.90. The summed E-state index contributed by atoms with van der Waals surface area (Å²) >= 11 is 0. The molecule has 1 fully saturated rings. The maximum atomic E-state index is 12.3. The molecule has 0 radical (unpaired) electrons. The number of nitrogens with one attached hydrogen (secondary N) is 4. The van der Waals surface area contributed by atoms with E-state index in [4.69, 9.17) is 4.74 Å². The normalized spacial score (nSPS) is 19.5. The maximum Gasteiger partial charge on any atom is 0.326 e. The van der Waals surface area contributed by atoms with Gasteiger partial charge in [0, 0.05) is 18.5 Å². The highest BCUT2D eigenvalue weighted by Gasteiger charge is 2.32. The molecule has 1 saturated heterocycles. The second-order valence-electron chi connectivity index (χ2n) is 7.11. The Labute approximate surface area is 170 Å². The van der Waals surface area contributed by atoms with Crippen LogP contribution in [0.15, 0.2) is 24.3 Å². The summed E-state index contributed by atoms with van der Waals surface area (Å²) in [6, 6.07) is 5.34. The Balaban J connectivity index is 1.86. The van der Waals surface area contributed by atoms with Crippen molar-refractivity contribution in [3.63, 3.8) is 0 Å². The van der Waals surface area contributed by atoms with E-state index in [-0.39, 0.29) is 25.2 Å². The van der Waals surface area contributed by atoms with Crippen LogP contribution in [-0.4, -0.2) is 61.4 Å². The van der Waals surface area contributed by atoms with Crippen molar-refractivity contribution in [2.75, 3.05) is 25.6 Å². The van der Waals surface area contributed by atoms with Gasteiger partial charge in [-0.2, -0.15) is 0 Å². The largest absolute Gasteiger partial charge is 0.480 e. The molecule has 1 aromatic carbocycles. The fourth-order valence-corrected chi connectivity index (χ4v) is 3.07. The van der Waals surface area contributed by atoms with Gasteiger partial charge in [0.1, 0.15) is 12.1 Å². The lowest BCUT2D eigenvalue weighted by molar-refractivity contribution is -0.142. The topological polar surface area (TPSA) is 129 Å². The third-order valence-corrected chi connectivity index (χ3v) is 4.77. The molecule has 1 aliphatic heterocycles. The zero-order chi connectivity index (χ0) is 21.2. The molecule has 1 aliphatic rings. The number of anilines is 1. The van der Waals surface area contributed by atoms with Crippen molar-refractivity contribution in [2.45, 2.75) is 50.8 Å². The highest BCUT2D eigenvalue weighted by Crippen LogP contribution is 2.13. The van der Waals surface area contributed by atoms with Gasteiger partial charge >= 0.3 is 5.97 Å². The first-order valence-electron chi connectivity index (χ1n) is 9.82. The van der Waals surface area contributed by atoms with E-state index in [2.05, 4.69) is 21.3 Å². The van der Waals surface area contributed by atoms with Gasteiger partial charge in [0.2, 0.25) is 11.8 Å². The van der Waals surface area contributed by atoms with Gasteiger partial charge in [0.05, 0.1) is 12.8 Å². The smallest absolute Gasteiger partial charge is 0.326 e. The lowest BCUT2D eigenvalue weighted by atomic mass is 10.0. The van der Waals surface area contributed by atoms with Crippen LogP contribution in [0.25, 0.3) is 0 Å². The molecule has 160 valence electrons. The summed E-state index contributed by atoms with van der Waals surface area (Å²) in [5.74, 6) is -1.56. The predicted octanol–water partition coefficient (Wildman–Crippen LogP) is 0.461. The Bertz CT molecular complexity index is 695. The van der Waals surface area contributed by atoms with Crippen molar-refractivity contribution in [3.8, 4) is 0 Å². The van der Waals surface area contributed by atoms with Crippen molar-refractivity contribution < 1.29 is 24.2 Å². The molecule has 0 aromatic heterocycles. The quantitative estimate of drug-likeness (QED) is 0.338. The Morgan fingerprint density at radius 3 is 2.55 bits per heavy atom. The van der Waals surface area contributed by atoms with Crippen LogP contribution in [0.1, 0.15) is 31.7 Å². The highest BCUT2D eigenvalue weighted by atomic mass is 16.5. The van der Waals surface area contributed by atoms with E-state index in [0.717, 1.165) is 24.9 Å². The number of unbranched alkanes of at least 4 members (excludes halogenated alkanes) is 1. The molecule has 1 heterocycles. The van der Waals surface area contributed by atoms with E-state index in [0.29, 0.717) is 12.1 Å². The van der Waals surface area contributed by atoms with E-state index in [1.54, 1.807) is 31.2 Å². The average Bonchev–Trinajstić information content (AvgIpc) is 3.12. The summed E-state index contributed by atoms with van der Waals surface area (Å²) in [4.78, 5) is 35.8. The molecule has 2 amide bonds.